The van der Waals surface area contributed by atoms with Crippen molar-refractivity contribution in [3.63, 3.8) is 0 Å². The summed E-state index contributed by atoms with van der Waals surface area (Å²) in [6.07, 6.45) is 7.72. The molecule has 4 heterocycles. The van der Waals surface area contributed by atoms with Crippen LogP contribution in [0, 0.1) is 0 Å². The SMILES string of the molecule is NC(=O)CN1CCCC(n2cnc3cnc4[nH]ccc4c32)C1. The van der Waals surface area contributed by atoms with Crippen LogP contribution in [0.15, 0.2) is 24.8 Å². The van der Waals surface area contributed by atoms with Crippen molar-refractivity contribution in [2.24, 2.45) is 5.73 Å². The van der Waals surface area contributed by atoms with Gasteiger partial charge >= 0.3 is 0 Å². The zero-order chi connectivity index (χ0) is 15.1. The number of likely N-dealkylation sites (tertiary alicyclic amines) is 1. The molecule has 1 saturated heterocycles. The molecule has 0 radical (unpaired) electrons. The average molecular weight is 298 g/mol. The maximum absolute atomic E-state index is 11.2. The zero-order valence-corrected chi connectivity index (χ0v) is 12.2. The third kappa shape index (κ3) is 2.14. The molecule has 0 bridgehead atoms. The molecule has 1 atom stereocenters. The van der Waals surface area contributed by atoms with Gasteiger partial charge in [-0.1, -0.05) is 0 Å². The van der Waals surface area contributed by atoms with Gasteiger partial charge in [-0.25, -0.2) is 9.97 Å². The van der Waals surface area contributed by atoms with Gasteiger partial charge in [0.25, 0.3) is 0 Å². The van der Waals surface area contributed by atoms with Crippen molar-refractivity contribution in [3.8, 4) is 0 Å². The zero-order valence-electron chi connectivity index (χ0n) is 12.2. The minimum absolute atomic E-state index is 0.270. The van der Waals surface area contributed by atoms with Crippen LogP contribution in [0.25, 0.3) is 22.1 Å². The van der Waals surface area contributed by atoms with Crippen LogP contribution < -0.4 is 5.73 Å². The van der Waals surface area contributed by atoms with Gasteiger partial charge in [-0.3, -0.25) is 9.69 Å². The molecule has 7 nitrogen and oxygen atoms in total. The lowest BCUT2D eigenvalue weighted by Gasteiger charge is -2.32. The first-order chi connectivity index (χ1) is 10.7. The van der Waals surface area contributed by atoms with Gasteiger partial charge in [-0.15, -0.1) is 0 Å². The summed E-state index contributed by atoms with van der Waals surface area (Å²) < 4.78 is 2.22. The fourth-order valence-electron chi connectivity index (χ4n) is 3.43. The van der Waals surface area contributed by atoms with Crippen molar-refractivity contribution in [1.29, 1.82) is 0 Å². The number of H-pyrrole nitrogens is 1. The summed E-state index contributed by atoms with van der Waals surface area (Å²) >= 11 is 0. The molecule has 1 fully saturated rings. The number of aromatic amines is 1. The van der Waals surface area contributed by atoms with E-state index in [-0.39, 0.29) is 5.91 Å². The summed E-state index contributed by atoms with van der Waals surface area (Å²) in [6, 6.07) is 2.34. The van der Waals surface area contributed by atoms with E-state index in [0.717, 1.165) is 48.0 Å². The number of nitrogens with zero attached hydrogens (tertiary/aromatic N) is 4. The van der Waals surface area contributed by atoms with Crippen LogP contribution >= 0.6 is 0 Å². The number of hydrogen-bond donors (Lipinski definition) is 2. The number of fused-ring (bicyclic) bond motifs is 3. The Morgan fingerprint density at radius 3 is 3.23 bits per heavy atom. The molecule has 0 saturated carbocycles. The number of carbonyl (C=O) groups is 1. The summed E-state index contributed by atoms with van der Waals surface area (Å²) in [5, 5.41) is 1.09. The van der Waals surface area contributed by atoms with Crippen molar-refractivity contribution >= 4 is 28.0 Å². The van der Waals surface area contributed by atoms with Crippen LogP contribution in [-0.4, -0.2) is 50.0 Å². The minimum Gasteiger partial charge on any atom is -0.369 e. The van der Waals surface area contributed by atoms with Crippen LogP contribution in [0.5, 0.6) is 0 Å². The monoisotopic (exact) mass is 298 g/mol. The Bertz CT molecular complexity index is 835. The standard InChI is InChI=1S/C15H18N6O/c16-13(22)8-20-5-1-2-10(7-20)21-9-19-12-6-18-15-11(14(12)21)3-4-17-15/h3-4,6,9-10H,1-2,5,7-8H2,(H2,16,22)(H,17,18). The molecular weight excluding hydrogens is 280 g/mol. The summed E-state index contributed by atoms with van der Waals surface area (Å²) in [5.74, 6) is -0.270. The smallest absolute Gasteiger partial charge is 0.231 e. The summed E-state index contributed by atoms with van der Waals surface area (Å²) in [7, 11) is 0. The number of nitrogens with one attached hydrogen (secondary N) is 1. The molecule has 3 aromatic rings. The molecule has 0 aliphatic carbocycles. The number of nitrogens with two attached hydrogens (primary N) is 1. The highest BCUT2D eigenvalue weighted by atomic mass is 16.1. The van der Waals surface area contributed by atoms with E-state index in [1.807, 2.05) is 18.6 Å². The van der Waals surface area contributed by atoms with Gasteiger partial charge in [-0.05, 0) is 25.5 Å². The molecule has 114 valence electrons. The number of imidazole rings is 1. The predicted molar refractivity (Wildman–Crippen MR) is 83.3 cm³/mol. The van der Waals surface area contributed by atoms with E-state index in [1.165, 1.54) is 0 Å². The minimum atomic E-state index is -0.270. The second kappa shape index (κ2) is 5.10. The number of amides is 1. The van der Waals surface area contributed by atoms with Gasteiger partial charge in [0.15, 0.2) is 0 Å². The molecule has 22 heavy (non-hydrogen) atoms. The molecule has 3 aromatic heterocycles. The molecule has 0 aromatic carbocycles. The maximum atomic E-state index is 11.2. The Balaban J connectivity index is 1.74. The fourth-order valence-corrected chi connectivity index (χ4v) is 3.43. The van der Waals surface area contributed by atoms with E-state index < -0.39 is 0 Å². The predicted octanol–water partition coefficient (Wildman–Crippen LogP) is 1.03. The third-order valence-electron chi connectivity index (χ3n) is 4.37. The van der Waals surface area contributed by atoms with Crippen molar-refractivity contribution in [1.82, 2.24) is 24.4 Å². The first kappa shape index (κ1) is 13.3. The Kier molecular flexibility index (Phi) is 3.07. The number of rotatable bonds is 3. The lowest BCUT2D eigenvalue weighted by molar-refractivity contribution is -0.119. The van der Waals surface area contributed by atoms with Gasteiger partial charge in [0, 0.05) is 24.2 Å². The lowest BCUT2D eigenvalue weighted by atomic mass is 10.1. The van der Waals surface area contributed by atoms with Gasteiger partial charge in [0.05, 0.1) is 24.6 Å². The normalized spacial score (nSPS) is 19.9. The molecule has 3 N–H and O–H groups in total. The van der Waals surface area contributed by atoms with Crippen molar-refractivity contribution in [2.45, 2.75) is 18.9 Å². The number of piperidine rings is 1. The molecule has 1 unspecified atom stereocenters. The molecule has 7 heteroatoms. The molecule has 1 amide bonds. The highest BCUT2D eigenvalue weighted by molar-refractivity contribution is 6.00. The maximum Gasteiger partial charge on any atom is 0.231 e. The fraction of sp³-hybridized carbons (Fsp3) is 0.400. The van der Waals surface area contributed by atoms with Crippen molar-refractivity contribution < 1.29 is 4.79 Å². The summed E-state index contributed by atoms with van der Waals surface area (Å²) in [5.41, 5.74) is 8.21. The van der Waals surface area contributed by atoms with E-state index >= 15 is 0 Å². The van der Waals surface area contributed by atoms with Gasteiger partial charge in [-0.2, -0.15) is 0 Å². The lowest BCUT2D eigenvalue weighted by Crippen LogP contribution is -2.41. The van der Waals surface area contributed by atoms with Crippen LogP contribution in [0.1, 0.15) is 18.9 Å². The summed E-state index contributed by atoms with van der Waals surface area (Å²) in [4.78, 5) is 25.3. The van der Waals surface area contributed by atoms with Crippen LogP contribution in [-0.2, 0) is 4.79 Å². The Morgan fingerprint density at radius 2 is 2.36 bits per heavy atom. The van der Waals surface area contributed by atoms with Gasteiger partial charge < -0.3 is 15.3 Å². The number of hydrogen-bond acceptors (Lipinski definition) is 4. The van der Waals surface area contributed by atoms with Gasteiger partial charge in [0.1, 0.15) is 11.2 Å². The number of aromatic nitrogens is 4. The molecule has 0 spiro atoms. The second-order valence-corrected chi connectivity index (χ2v) is 5.88. The highest BCUT2D eigenvalue weighted by Crippen LogP contribution is 2.29. The second-order valence-electron chi connectivity index (χ2n) is 5.88. The largest absolute Gasteiger partial charge is 0.369 e. The number of carbonyl (C=O) groups excluding carboxylic acids is 1. The van der Waals surface area contributed by atoms with Gasteiger partial charge in [0.2, 0.25) is 5.91 Å². The molecular formula is C15H18N6O. The van der Waals surface area contributed by atoms with E-state index in [4.69, 9.17) is 5.73 Å². The van der Waals surface area contributed by atoms with Crippen LogP contribution in [0.4, 0.5) is 0 Å². The third-order valence-corrected chi connectivity index (χ3v) is 4.37. The molecule has 4 rings (SSSR count). The van der Waals surface area contributed by atoms with E-state index in [0.29, 0.717) is 12.6 Å². The first-order valence-corrected chi connectivity index (χ1v) is 7.51. The highest BCUT2D eigenvalue weighted by Gasteiger charge is 2.24. The Morgan fingerprint density at radius 1 is 1.45 bits per heavy atom. The van der Waals surface area contributed by atoms with Crippen molar-refractivity contribution in [2.75, 3.05) is 19.6 Å². The Labute approximate surface area is 127 Å². The molecule has 1 aliphatic rings. The van der Waals surface area contributed by atoms with Crippen molar-refractivity contribution in [3.05, 3.63) is 24.8 Å². The Hall–Kier alpha value is -2.41. The van der Waals surface area contributed by atoms with E-state index in [9.17, 15) is 4.79 Å². The quantitative estimate of drug-likeness (QED) is 0.755. The topological polar surface area (TPSA) is 92.8 Å². The first-order valence-electron chi connectivity index (χ1n) is 7.51. The van der Waals surface area contributed by atoms with E-state index in [2.05, 4.69) is 24.4 Å². The molecule has 1 aliphatic heterocycles. The van der Waals surface area contributed by atoms with Crippen LogP contribution in [0.2, 0.25) is 0 Å². The number of pyridine rings is 1. The average Bonchev–Trinajstić information content (AvgIpc) is 3.12. The van der Waals surface area contributed by atoms with E-state index in [1.54, 1.807) is 6.20 Å². The summed E-state index contributed by atoms with van der Waals surface area (Å²) in [6.45, 7) is 2.07. The van der Waals surface area contributed by atoms with Crippen LogP contribution in [0.3, 0.4) is 0 Å². The number of primary amides is 1.